The summed E-state index contributed by atoms with van der Waals surface area (Å²) in [5, 5.41) is 16.4. The number of rotatable bonds is 10. The Bertz CT molecular complexity index is 1310. The summed E-state index contributed by atoms with van der Waals surface area (Å²) in [6.07, 6.45) is 4.68. The van der Waals surface area contributed by atoms with Crippen molar-refractivity contribution in [2.75, 3.05) is 45.1 Å². The quantitative estimate of drug-likeness (QED) is 0.391. The molecule has 0 unspecified atom stereocenters. The van der Waals surface area contributed by atoms with Crippen molar-refractivity contribution < 1.29 is 9.59 Å². The number of benzene rings is 2. The lowest BCUT2D eigenvalue weighted by molar-refractivity contribution is -0.151. The van der Waals surface area contributed by atoms with Crippen LogP contribution in [0, 0.1) is 6.92 Å². The number of carbonyl (C=O) groups is 2. The maximum absolute atomic E-state index is 13.4. The van der Waals surface area contributed by atoms with Crippen molar-refractivity contribution in [1.82, 2.24) is 30.0 Å². The van der Waals surface area contributed by atoms with Crippen LogP contribution in [0.5, 0.6) is 0 Å². The number of fused-ring (bicyclic) bond motifs is 4. The van der Waals surface area contributed by atoms with Crippen LogP contribution in [0.3, 0.4) is 0 Å². The Hall–Kier alpha value is -3.43. The number of carbonyl (C=O) groups excluding carboxylic acids is 2. The Morgan fingerprint density at radius 2 is 1.82 bits per heavy atom. The molecule has 208 valence electrons. The van der Waals surface area contributed by atoms with E-state index in [9.17, 15) is 9.59 Å². The van der Waals surface area contributed by atoms with Gasteiger partial charge in [0.25, 0.3) is 5.91 Å². The second-order valence-corrected chi connectivity index (χ2v) is 10.7. The van der Waals surface area contributed by atoms with E-state index in [1.807, 2.05) is 24.1 Å². The van der Waals surface area contributed by atoms with Crippen LogP contribution in [0.15, 0.2) is 36.4 Å². The van der Waals surface area contributed by atoms with E-state index in [1.54, 1.807) is 17.0 Å². The maximum atomic E-state index is 13.4. The van der Waals surface area contributed by atoms with Crippen LogP contribution in [-0.4, -0.2) is 76.3 Å². The molecule has 9 heteroatoms. The third-order valence-corrected chi connectivity index (χ3v) is 8.00. The van der Waals surface area contributed by atoms with Gasteiger partial charge in [-0.15, -0.1) is 0 Å². The number of aromatic nitrogens is 2. The molecule has 0 bridgehead atoms. The van der Waals surface area contributed by atoms with Crippen LogP contribution in [0.4, 0.5) is 5.69 Å². The first-order valence-electron chi connectivity index (χ1n) is 14.2. The van der Waals surface area contributed by atoms with Crippen LogP contribution in [0.2, 0.25) is 0 Å². The zero-order valence-corrected chi connectivity index (χ0v) is 23.5. The Balaban J connectivity index is 1.23. The molecule has 0 saturated heterocycles. The van der Waals surface area contributed by atoms with Gasteiger partial charge in [-0.1, -0.05) is 37.6 Å². The molecule has 3 aromatic rings. The molecule has 1 aromatic heterocycles. The molecule has 2 aliphatic heterocycles. The topological polar surface area (TPSA) is 85.7 Å². The number of nitrogens with zero attached hydrogens (tertiary/aromatic N) is 5. The Kier molecular flexibility index (Phi) is 8.47. The van der Waals surface area contributed by atoms with E-state index >= 15 is 0 Å². The summed E-state index contributed by atoms with van der Waals surface area (Å²) in [6.45, 7) is 8.56. The van der Waals surface area contributed by atoms with E-state index in [-0.39, 0.29) is 24.9 Å². The normalized spacial score (nSPS) is 15.1. The number of amides is 2. The Labute approximate surface area is 231 Å². The lowest BCUT2D eigenvalue weighted by Gasteiger charge is -2.31. The SMILES string of the molecule is CCNCCN(CC(=O)N(C)N1Cc2ccccc2C1)C(=O)CNc1cc2nn3c(c2cc1C)CCCCC3. The predicted octanol–water partition coefficient (Wildman–Crippen LogP) is 3.31. The van der Waals surface area contributed by atoms with Crippen molar-refractivity contribution in [1.29, 1.82) is 0 Å². The number of hydrogen-bond donors (Lipinski definition) is 2. The van der Waals surface area contributed by atoms with Crippen molar-refractivity contribution in [2.45, 2.75) is 59.2 Å². The molecule has 2 aromatic carbocycles. The van der Waals surface area contributed by atoms with E-state index in [2.05, 4.69) is 46.5 Å². The summed E-state index contributed by atoms with van der Waals surface area (Å²) in [4.78, 5) is 28.3. The van der Waals surface area contributed by atoms with E-state index in [0.29, 0.717) is 26.2 Å². The molecule has 9 nitrogen and oxygen atoms in total. The third-order valence-electron chi connectivity index (χ3n) is 8.00. The van der Waals surface area contributed by atoms with Gasteiger partial charge in [0.2, 0.25) is 5.91 Å². The van der Waals surface area contributed by atoms with Crippen LogP contribution in [-0.2, 0) is 35.6 Å². The molecule has 0 atom stereocenters. The van der Waals surface area contributed by atoms with Crippen molar-refractivity contribution in [2.24, 2.45) is 0 Å². The number of hydrazine groups is 1. The minimum Gasteiger partial charge on any atom is -0.376 e. The third kappa shape index (κ3) is 6.09. The molecular formula is C30H41N7O2. The summed E-state index contributed by atoms with van der Waals surface area (Å²) in [5.41, 5.74) is 6.78. The first kappa shape index (κ1) is 27.1. The van der Waals surface area contributed by atoms with Gasteiger partial charge < -0.3 is 15.5 Å². The van der Waals surface area contributed by atoms with Crippen LogP contribution >= 0.6 is 0 Å². The number of likely N-dealkylation sites (N-methyl/N-ethyl adjacent to an activating group) is 2. The molecule has 2 aliphatic rings. The van der Waals surface area contributed by atoms with Gasteiger partial charge in [-0.25, -0.2) is 5.01 Å². The molecule has 2 amide bonds. The first-order chi connectivity index (χ1) is 18.9. The molecule has 0 saturated carbocycles. The minimum atomic E-state index is -0.0977. The summed E-state index contributed by atoms with van der Waals surface area (Å²) >= 11 is 0. The Morgan fingerprint density at radius 3 is 2.56 bits per heavy atom. The summed E-state index contributed by atoms with van der Waals surface area (Å²) in [6, 6.07) is 12.5. The smallest absolute Gasteiger partial charge is 0.256 e. The van der Waals surface area contributed by atoms with Crippen molar-refractivity contribution >= 4 is 28.4 Å². The number of aryl methyl sites for hydroxylation is 3. The fraction of sp³-hybridized carbons (Fsp3) is 0.500. The highest BCUT2D eigenvalue weighted by atomic mass is 16.2. The monoisotopic (exact) mass is 531 g/mol. The van der Waals surface area contributed by atoms with Gasteiger partial charge in [0.1, 0.15) is 6.54 Å². The molecule has 3 heterocycles. The highest BCUT2D eigenvalue weighted by Gasteiger charge is 2.27. The molecule has 0 spiro atoms. The van der Waals surface area contributed by atoms with Gasteiger partial charge >= 0.3 is 0 Å². The van der Waals surface area contributed by atoms with Crippen molar-refractivity contribution in [3.05, 3.63) is 58.8 Å². The molecular weight excluding hydrogens is 490 g/mol. The number of anilines is 1. The largest absolute Gasteiger partial charge is 0.376 e. The van der Waals surface area contributed by atoms with E-state index in [1.165, 1.54) is 41.5 Å². The Morgan fingerprint density at radius 1 is 1.05 bits per heavy atom. The maximum Gasteiger partial charge on any atom is 0.256 e. The zero-order chi connectivity index (χ0) is 27.4. The van der Waals surface area contributed by atoms with Gasteiger partial charge in [0, 0.05) is 56.5 Å². The second kappa shape index (κ2) is 12.2. The minimum absolute atomic E-state index is 0.0427. The lowest BCUT2D eigenvalue weighted by atomic mass is 10.1. The molecule has 39 heavy (non-hydrogen) atoms. The molecule has 5 rings (SSSR count). The van der Waals surface area contributed by atoms with Crippen LogP contribution < -0.4 is 10.6 Å². The lowest BCUT2D eigenvalue weighted by Crippen LogP contribution is -2.49. The second-order valence-electron chi connectivity index (χ2n) is 10.7. The highest BCUT2D eigenvalue weighted by molar-refractivity contribution is 5.89. The average molecular weight is 532 g/mol. The van der Waals surface area contributed by atoms with E-state index in [0.717, 1.165) is 36.3 Å². The fourth-order valence-corrected chi connectivity index (χ4v) is 5.63. The van der Waals surface area contributed by atoms with E-state index < -0.39 is 0 Å². The van der Waals surface area contributed by atoms with Gasteiger partial charge in [-0.3, -0.25) is 19.3 Å². The first-order valence-corrected chi connectivity index (χ1v) is 14.2. The van der Waals surface area contributed by atoms with Gasteiger partial charge in [-0.05, 0) is 61.6 Å². The summed E-state index contributed by atoms with van der Waals surface area (Å²) in [5.74, 6) is -0.191. The van der Waals surface area contributed by atoms with Crippen molar-refractivity contribution in [3.8, 4) is 0 Å². The molecule has 0 fully saturated rings. The fourth-order valence-electron chi connectivity index (χ4n) is 5.63. The standard InChI is InChI=1S/C30H41N7O2/c1-4-31-13-15-35(21-30(39)34(3)36-19-23-10-7-8-11-24(23)20-36)29(38)18-32-26-17-27-25(16-22(26)2)28-12-6-5-9-14-37(28)33-27/h7-8,10-11,16-17,31-32H,4-6,9,12-15,18-21H2,1-3H3. The summed E-state index contributed by atoms with van der Waals surface area (Å²) < 4.78 is 2.16. The predicted molar refractivity (Wildman–Crippen MR) is 154 cm³/mol. The van der Waals surface area contributed by atoms with Crippen molar-refractivity contribution in [3.63, 3.8) is 0 Å². The van der Waals surface area contributed by atoms with E-state index in [4.69, 9.17) is 5.10 Å². The average Bonchev–Trinajstić information content (AvgIpc) is 3.43. The highest BCUT2D eigenvalue weighted by Crippen LogP contribution is 2.29. The summed E-state index contributed by atoms with van der Waals surface area (Å²) in [7, 11) is 1.80. The van der Waals surface area contributed by atoms with Gasteiger partial charge in [-0.2, -0.15) is 5.10 Å². The zero-order valence-electron chi connectivity index (χ0n) is 23.5. The van der Waals surface area contributed by atoms with Crippen LogP contribution in [0.1, 0.15) is 48.6 Å². The molecule has 0 aliphatic carbocycles. The van der Waals surface area contributed by atoms with Gasteiger partial charge in [0.05, 0.1) is 12.1 Å². The van der Waals surface area contributed by atoms with Crippen LogP contribution in [0.25, 0.3) is 10.9 Å². The molecule has 0 radical (unpaired) electrons. The molecule has 2 N–H and O–H groups in total. The number of nitrogens with one attached hydrogen (secondary N) is 2. The van der Waals surface area contributed by atoms with Gasteiger partial charge in [0.15, 0.2) is 0 Å². The number of hydrogen-bond acceptors (Lipinski definition) is 6.